The van der Waals surface area contributed by atoms with Crippen LogP contribution < -0.4 is 19.1 Å². The minimum Gasteiger partial charge on any atom is -0.497 e. The third kappa shape index (κ3) is 4.11. The number of carbonyl (C=O) groups excluding carboxylic acids is 1. The van der Waals surface area contributed by atoms with E-state index in [0.29, 0.717) is 28.8 Å². The molecule has 1 amide bonds. The van der Waals surface area contributed by atoms with E-state index in [1.807, 2.05) is 60.7 Å². The fourth-order valence-electron chi connectivity index (χ4n) is 3.44. The molecule has 0 saturated carbocycles. The van der Waals surface area contributed by atoms with Crippen LogP contribution in [-0.2, 0) is 4.79 Å². The monoisotopic (exact) mass is 492 g/mol. The second-order valence-electron chi connectivity index (χ2n) is 6.89. The van der Waals surface area contributed by atoms with Crippen molar-refractivity contribution in [2.24, 2.45) is 4.99 Å². The Kier molecular flexibility index (Phi) is 6.28. The lowest BCUT2D eigenvalue weighted by Crippen LogP contribution is -2.32. The predicted molar refractivity (Wildman–Crippen MR) is 129 cm³/mol. The van der Waals surface area contributed by atoms with Gasteiger partial charge in [-0.05, 0) is 54.6 Å². The van der Waals surface area contributed by atoms with Gasteiger partial charge in [-0.2, -0.15) is 0 Å². The molecule has 0 radical (unpaired) electrons. The van der Waals surface area contributed by atoms with Gasteiger partial charge in [-0.25, -0.2) is 4.99 Å². The molecular weight excluding hydrogens is 472 g/mol. The molecule has 1 heterocycles. The Hall–Kier alpha value is -3.58. The fourth-order valence-corrected chi connectivity index (χ4v) is 3.71. The van der Waals surface area contributed by atoms with Crippen molar-refractivity contribution in [1.29, 1.82) is 0 Å². The van der Waals surface area contributed by atoms with Crippen molar-refractivity contribution in [3.63, 3.8) is 0 Å². The molecule has 32 heavy (non-hydrogen) atoms. The number of benzene rings is 3. The molecule has 0 unspecified atom stereocenters. The molecule has 6 nitrogen and oxygen atoms in total. The summed E-state index contributed by atoms with van der Waals surface area (Å²) in [6.07, 6.45) is 1.72. The molecule has 0 bridgehead atoms. The topological polar surface area (TPSA) is 60.4 Å². The number of methoxy groups -OCH3 is 3. The van der Waals surface area contributed by atoms with Crippen LogP contribution >= 0.6 is 15.9 Å². The normalized spacial score (nSPS) is 14.5. The molecule has 4 rings (SSSR count). The van der Waals surface area contributed by atoms with E-state index in [4.69, 9.17) is 19.2 Å². The first-order valence-electron chi connectivity index (χ1n) is 9.81. The molecule has 0 saturated heterocycles. The second kappa shape index (κ2) is 9.28. The fraction of sp³-hybridized carbons (Fsp3) is 0.120. The number of halogens is 1. The highest BCUT2D eigenvalue weighted by Crippen LogP contribution is 2.33. The van der Waals surface area contributed by atoms with Crippen LogP contribution in [0.4, 0.5) is 5.69 Å². The Balaban J connectivity index is 1.86. The van der Waals surface area contributed by atoms with Gasteiger partial charge in [0, 0.05) is 16.1 Å². The highest BCUT2D eigenvalue weighted by atomic mass is 79.9. The minimum atomic E-state index is -0.244. The molecule has 3 aromatic carbocycles. The smallest absolute Gasteiger partial charge is 0.282 e. The average Bonchev–Trinajstić information content (AvgIpc) is 3.15. The van der Waals surface area contributed by atoms with E-state index in [1.54, 1.807) is 38.4 Å². The maximum atomic E-state index is 13.5. The summed E-state index contributed by atoms with van der Waals surface area (Å²) >= 11 is 3.45. The van der Waals surface area contributed by atoms with Crippen molar-refractivity contribution in [3.8, 4) is 17.2 Å². The number of hydrogen-bond acceptors (Lipinski definition) is 5. The third-order valence-electron chi connectivity index (χ3n) is 5.03. The largest absolute Gasteiger partial charge is 0.497 e. The Morgan fingerprint density at radius 1 is 0.875 bits per heavy atom. The summed E-state index contributed by atoms with van der Waals surface area (Å²) in [7, 11) is 4.76. The molecule has 0 aliphatic carbocycles. The maximum absolute atomic E-state index is 13.5. The lowest BCUT2D eigenvalue weighted by Gasteiger charge is -2.20. The molecule has 7 heteroatoms. The van der Waals surface area contributed by atoms with E-state index in [-0.39, 0.29) is 11.6 Å². The van der Waals surface area contributed by atoms with Crippen molar-refractivity contribution in [3.05, 3.63) is 88.0 Å². The zero-order valence-electron chi connectivity index (χ0n) is 17.8. The van der Waals surface area contributed by atoms with Gasteiger partial charge in [-0.15, -0.1) is 0 Å². The average molecular weight is 493 g/mol. The van der Waals surface area contributed by atoms with Crippen LogP contribution in [0.25, 0.3) is 6.08 Å². The first-order valence-corrected chi connectivity index (χ1v) is 10.6. The summed E-state index contributed by atoms with van der Waals surface area (Å²) in [5.74, 6) is 2.13. The van der Waals surface area contributed by atoms with Crippen molar-refractivity contribution in [2.75, 3.05) is 26.2 Å². The Bertz CT molecular complexity index is 1220. The number of ether oxygens (including phenoxy) is 3. The summed E-state index contributed by atoms with van der Waals surface area (Å²) in [6, 6.07) is 20.4. The van der Waals surface area contributed by atoms with E-state index >= 15 is 0 Å². The van der Waals surface area contributed by atoms with E-state index in [1.165, 1.54) is 0 Å². The molecule has 0 atom stereocenters. The first kappa shape index (κ1) is 21.6. The van der Waals surface area contributed by atoms with E-state index in [0.717, 1.165) is 15.6 Å². The zero-order chi connectivity index (χ0) is 22.7. The van der Waals surface area contributed by atoms with Crippen LogP contribution in [0.15, 0.2) is 81.9 Å². The quantitative estimate of drug-likeness (QED) is 0.437. The van der Waals surface area contributed by atoms with Gasteiger partial charge < -0.3 is 14.2 Å². The summed E-state index contributed by atoms with van der Waals surface area (Å²) in [4.78, 5) is 19.8. The van der Waals surface area contributed by atoms with Crippen LogP contribution in [-0.4, -0.2) is 33.1 Å². The summed E-state index contributed by atoms with van der Waals surface area (Å²) in [5.41, 5.74) is 2.43. The number of para-hydroxylation sites is 1. The number of amidine groups is 1. The Morgan fingerprint density at radius 2 is 1.59 bits per heavy atom. The van der Waals surface area contributed by atoms with Crippen molar-refractivity contribution < 1.29 is 19.0 Å². The summed E-state index contributed by atoms with van der Waals surface area (Å²) < 4.78 is 17.2. The SMILES string of the molecule is COc1ccc(/C=C2/N=C(c3ccccc3OC)N(c3ccc(Br)cc3)C2=O)c(OC)c1. The number of amides is 1. The molecular formula is C25H21BrN2O4. The summed E-state index contributed by atoms with van der Waals surface area (Å²) in [5, 5.41) is 0. The minimum absolute atomic E-state index is 0.244. The molecule has 162 valence electrons. The maximum Gasteiger partial charge on any atom is 0.282 e. The van der Waals surface area contributed by atoms with Gasteiger partial charge in [-0.3, -0.25) is 9.69 Å². The van der Waals surface area contributed by atoms with Gasteiger partial charge >= 0.3 is 0 Å². The second-order valence-corrected chi connectivity index (χ2v) is 7.81. The molecule has 0 fully saturated rings. The third-order valence-corrected chi connectivity index (χ3v) is 5.55. The number of aliphatic imine (C=N–C) groups is 1. The highest BCUT2D eigenvalue weighted by molar-refractivity contribution is 9.10. The zero-order valence-corrected chi connectivity index (χ0v) is 19.4. The summed E-state index contributed by atoms with van der Waals surface area (Å²) in [6.45, 7) is 0. The number of anilines is 1. The van der Waals surface area contributed by atoms with Crippen LogP contribution in [0.3, 0.4) is 0 Å². The van der Waals surface area contributed by atoms with Gasteiger partial charge in [-0.1, -0.05) is 28.1 Å². The molecule has 0 N–H and O–H groups in total. The van der Waals surface area contributed by atoms with Crippen LogP contribution in [0.5, 0.6) is 17.2 Å². The predicted octanol–water partition coefficient (Wildman–Crippen LogP) is 5.31. The van der Waals surface area contributed by atoms with Gasteiger partial charge in [0.05, 0.1) is 32.6 Å². The van der Waals surface area contributed by atoms with E-state index in [2.05, 4.69) is 15.9 Å². The molecule has 1 aliphatic heterocycles. The van der Waals surface area contributed by atoms with E-state index in [9.17, 15) is 4.79 Å². The van der Waals surface area contributed by atoms with Gasteiger partial charge in [0.2, 0.25) is 0 Å². The van der Waals surface area contributed by atoms with Crippen LogP contribution in [0.1, 0.15) is 11.1 Å². The Morgan fingerprint density at radius 3 is 2.28 bits per heavy atom. The highest BCUT2D eigenvalue weighted by Gasteiger charge is 2.34. The standard InChI is InChI=1S/C25H21BrN2O4/c1-30-19-13-8-16(23(15-19)32-3)14-21-25(29)28(18-11-9-17(26)10-12-18)24(27-21)20-6-4-5-7-22(20)31-2/h4-15H,1-3H3/b21-14+. The van der Waals surface area contributed by atoms with Crippen molar-refractivity contribution >= 4 is 39.4 Å². The van der Waals surface area contributed by atoms with Gasteiger partial charge in [0.15, 0.2) is 5.84 Å². The number of nitrogens with zero attached hydrogens (tertiary/aromatic N) is 2. The number of rotatable bonds is 6. The van der Waals surface area contributed by atoms with Crippen LogP contribution in [0, 0.1) is 0 Å². The lowest BCUT2D eigenvalue weighted by atomic mass is 10.1. The van der Waals surface area contributed by atoms with Gasteiger partial charge in [0.1, 0.15) is 22.9 Å². The Labute approximate surface area is 194 Å². The molecule has 3 aromatic rings. The van der Waals surface area contributed by atoms with Crippen molar-refractivity contribution in [2.45, 2.75) is 0 Å². The van der Waals surface area contributed by atoms with Crippen LogP contribution in [0.2, 0.25) is 0 Å². The lowest BCUT2D eigenvalue weighted by molar-refractivity contribution is -0.113. The van der Waals surface area contributed by atoms with Gasteiger partial charge in [0.25, 0.3) is 5.91 Å². The molecule has 1 aliphatic rings. The molecule has 0 spiro atoms. The molecule has 0 aromatic heterocycles. The first-order chi connectivity index (χ1) is 15.5. The van der Waals surface area contributed by atoms with Crippen molar-refractivity contribution in [1.82, 2.24) is 0 Å². The number of hydrogen-bond donors (Lipinski definition) is 0. The van der Waals surface area contributed by atoms with E-state index < -0.39 is 0 Å². The number of carbonyl (C=O) groups is 1.